The normalized spacial score (nSPS) is 23.6. The Kier molecular flexibility index (Phi) is 8.95. The highest BCUT2D eigenvalue weighted by Crippen LogP contribution is 2.51. The number of hydrogen-bond donors (Lipinski definition) is 3. The number of imide groups is 1. The maximum Gasteiger partial charge on any atom is 0.455 e. The Morgan fingerprint density at radius 2 is 1.77 bits per heavy atom. The van der Waals surface area contributed by atoms with Crippen LogP contribution in [0, 0.1) is 21.3 Å². The zero-order valence-corrected chi connectivity index (χ0v) is 26.4. The van der Waals surface area contributed by atoms with Gasteiger partial charge in [0, 0.05) is 0 Å². The van der Waals surface area contributed by atoms with Crippen LogP contribution in [0.1, 0.15) is 30.4 Å². The molecule has 0 radical (unpaired) electrons. The summed E-state index contributed by atoms with van der Waals surface area (Å²) in [7, 11) is 0.412. The molecule has 0 bridgehead atoms. The van der Waals surface area contributed by atoms with E-state index in [9.17, 15) is 24.8 Å². The van der Waals surface area contributed by atoms with E-state index in [-0.39, 0.29) is 36.9 Å². The quantitative estimate of drug-likeness (QED) is 0.0956. The van der Waals surface area contributed by atoms with Gasteiger partial charge in [-0.3, -0.25) is 14.5 Å². The second-order valence-electron chi connectivity index (χ2n) is 11.5. The molecule has 3 aromatic carbocycles. The van der Waals surface area contributed by atoms with Crippen molar-refractivity contribution < 1.29 is 34.2 Å². The largest absolute Gasteiger partial charge is 0.504 e. The summed E-state index contributed by atoms with van der Waals surface area (Å²) in [4.78, 5) is 28.7. The van der Waals surface area contributed by atoms with Gasteiger partial charge in [0.05, 0.1) is 40.9 Å². The van der Waals surface area contributed by atoms with E-state index in [2.05, 4.69) is 22.6 Å². The minimum absolute atomic E-state index is 0.0898. The van der Waals surface area contributed by atoms with Crippen molar-refractivity contribution in [3.63, 3.8) is 0 Å². The average molecular weight is 705 g/mol. The van der Waals surface area contributed by atoms with Crippen LogP contribution in [-0.4, -0.2) is 54.0 Å². The van der Waals surface area contributed by atoms with Crippen LogP contribution in [0.5, 0.6) is 11.5 Å². The van der Waals surface area contributed by atoms with Crippen molar-refractivity contribution >= 4 is 58.9 Å². The maximum atomic E-state index is 13.8. The molecular formula is C34H33BINO7. The number of halogens is 1. The van der Waals surface area contributed by atoms with Gasteiger partial charge in [-0.05, 0) is 106 Å². The summed E-state index contributed by atoms with van der Waals surface area (Å²) >= 11 is 2.07. The average Bonchev–Trinajstić information content (AvgIpc) is 3.29. The molecule has 3 N–H and O–H groups in total. The first-order valence-corrected chi connectivity index (χ1v) is 15.8. The van der Waals surface area contributed by atoms with Gasteiger partial charge in [0.1, 0.15) is 0 Å². The van der Waals surface area contributed by atoms with Crippen LogP contribution in [0.3, 0.4) is 0 Å². The molecule has 4 atom stereocenters. The van der Waals surface area contributed by atoms with Crippen molar-refractivity contribution in [3.05, 3.63) is 98.6 Å². The number of aromatic hydroxyl groups is 1. The molecule has 0 unspecified atom stereocenters. The minimum Gasteiger partial charge on any atom is -0.504 e. The van der Waals surface area contributed by atoms with Gasteiger partial charge < -0.3 is 24.6 Å². The summed E-state index contributed by atoms with van der Waals surface area (Å²) in [6.07, 6.45) is 3.02. The third-order valence-corrected chi connectivity index (χ3v) is 9.77. The van der Waals surface area contributed by atoms with Gasteiger partial charge in [-0.2, -0.15) is 0 Å². The Balaban J connectivity index is 1.32. The maximum absolute atomic E-state index is 13.8. The zero-order valence-electron chi connectivity index (χ0n) is 24.2. The number of para-hydroxylation sites is 1. The summed E-state index contributed by atoms with van der Waals surface area (Å²) in [5, 5.41) is 31.7. The van der Waals surface area contributed by atoms with Gasteiger partial charge in [0.2, 0.25) is 11.8 Å². The number of methoxy groups -OCH3 is 1. The van der Waals surface area contributed by atoms with E-state index in [1.807, 2.05) is 48.5 Å². The van der Waals surface area contributed by atoms with Crippen molar-refractivity contribution in [1.29, 1.82) is 0 Å². The minimum atomic E-state index is -1.10. The van der Waals surface area contributed by atoms with E-state index in [0.717, 1.165) is 22.3 Å². The highest BCUT2D eigenvalue weighted by atomic mass is 127. The number of amides is 2. The number of benzene rings is 3. The standard InChI is InChI=1S/C34H33BINO7/c1-43-29-16-20(15-27(36)32(29)39)14-22(21-8-4-2-5-9-21)12-13-28-30-23(19-38)17-25-31(26(30)18-35(42)44-28)34(41)37(33(25)40)24-10-6-3-7-11-24/h2-11,14-16,25-26,28,31,38-39,42H,12-13,17-19H2,1H3/b22-14-/t25-,26+,28-,31-/m1/s1. The first kappa shape index (κ1) is 30.6. The SMILES string of the molecule is COc1cc(/C=C(/CC[C@H]2OB(O)C[C@H]3C2=C(CO)C[C@H]2C(=O)N(c4ccccc4)C(=O)[C@H]23)c2ccccc2)cc(I)c1O. The molecule has 3 aliphatic rings. The highest BCUT2D eigenvalue weighted by molar-refractivity contribution is 14.1. The van der Waals surface area contributed by atoms with Crippen molar-refractivity contribution in [1.82, 2.24) is 0 Å². The van der Waals surface area contributed by atoms with E-state index in [1.54, 1.807) is 30.3 Å². The number of ether oxygens (including phenoxy) is 1. The second-order valence-corrected chi connectivity index (χ2v) is 12.6. The van der Waals surface area contributed by atoms with Crippen molar-refractivity contribution in [3.8, 4) is 11.5 Å². The second kappa shape index (κ2) is 12.9. The number of fused-ring (bicyclic) bond motifs is 3. The smallest absolute Gasteiger partial charge is 0.455 e. The van der Waals surface area contributed by atoms with Crippen molar-refractivity contribution in [2.75, 3.05) is 18.6 Å². The number of allylic oxidation sites excluding steroid dienone is 1. The molecule has 0 aromatic heterocycles. The van der Waals surface area contributed by atoms with Gasteiger partial charge in [-0.15, -0.1) is 0 Å². The fraction of sp³-hybridized carbons (Fsp3) is 0.294. The Bertz CT molecular complexity index is 1630. The molecule has 2 heterocycles. The van der Waals surface area contributed by atoms with E-state index in [1.165, 1.54) is 12.0 Å². The van der Waals surface area contributed by atoms with Crippen LogP contribution in [0.25, 0.3) is 11.6 Å². The van der Waals surface area contributed by atoms with Crippen molar-refractivity contribution in [2.45, 2.75) is 31.7 Å². The summed E-state index contributed by atoms with van der Waals surface area (Å²) in [6.45, 7) is -0.245. The highest BCUT2D eigenvalue weighted by Gasteiger charge is 2.57. The molecule has 2 saturated heterocycles. The van der Waals surface area contributed by atoms with Crippen LogP contribution < -0.4 is 9.64 Å². The van der Waals surface area contributed by atoms with Crippen LogP contribution in [0.2, 0.25) is 6.32 Å². The zero-order chi connectivity index (χ0) is 31.0. The van der Waals surface area contributed by atoms with Gasteiger partial charge >= 0.3 is 7.12 Å². The lowest BCUT2D eigenvalue weighted by molar-refractivity contribution is -0.122. The Morgan fingerprint density at radius 3 is 2.45 bits per heavy atom. The summed E-state index contributed by atoms with van der Waals surface area (Å²) in [6, 6.07) is 22.5. The van der Waals surface area contributed by atoms with E-state index in [0.29, 0.717) is 33.4 Å². The molecule has 3 aromatic rings. The molecule has 2 aliphatic heterocycles. The number of nitrogens with zero attached hydrogens (tertiary/aromatic N) is 1. The van der Waals surface area contributed by atoms with Gasteiger partial charge in [-0.1, -0.05) is 54.6 Å². The summed E-state index contributed by atoms with van der Waals surface area (Å²) in [5.41, 5.74) is 4.97. The first-order chi connectivity index (χ1) is 21.3. The number of aliphatic hydroxyl groups is 1. The number of aliphatic hydroxyl groups excluding tert-OH is 1. The molecular weight excluding hydrogens is 672 g/mol. The monoisotopic (exact) mass is 705 g/mol. The fourth-order valence-electron chi connectivity index (χ4n) is 7.01. The van der Waals surface area contributed by atoms with Crippen LogP contribution >= 0.6 is 22.6 Å². The number of anilines is 1. The predicted molar refractivity (Wildman–Crippen MR) is 177 cm³/mol. The molecule has 226 valence electrons. The predicted octanol–water partition coefficient (Wildman–Crippen LogP) is 5.32. The third-order valence-electron chi connectivity index (χ3n) is 8.95. The Hall–Kier alpha value is -3.45. The number of hydrogen-bond acceptors (Lipinski definition) is 7. The molecule has 2 amide bonds. The van der Waals surface area contributed by atoms with Gasteiger partial charge in [0.25, 0.3) is 0 Å². The number of phenols is 1. The van der Waals surface area contributed by atoms with E-state index in [4.69, 9.17) is 9.39 Å². The number of rotatable bonds is 8. The molecule has 0 spiro atoms. The van der Waals surface area contributed by atoms with Crippen molar-refractivity contribution in [2.24, 2.45) is 17.8 Å². The lowest BCUT2D eigenvalue weighted by Crippen LogP contribution is -2.46. The van der Waals surface area contributed by atoms with Crippen LogP contribution in [0.4, 0.5) is 5.69 Å². The van der Waals surface area contributed by atoms with Crippen LogP contribution in [-0.2, 0) is 14.2 Å². The Labute approximate surface area is 270 Å². The number of carbonyl (C=O) groups excluding carboxylic acids is 2. The molecule has 0 saturated carbocycles. The molecule has 1 aliphatic carbocycles. The van der Waals surface area contributed by atoms with E-state index >= 15 is 0 Å². The number of phenolic OH excluding ortho intramolecular Hbond substituents is 1. The summed E-state index contributed by atoms with van der Waals surface area (Å²) in [5.74, 6) is -1.68. The lowest BCUT2D eigenvalue weighted by Gasteiger charge is -2.43. The topological polar surface area (TPSA) is 117 Å². The fourth-order valence-corrected chi connectivity index (χ4v) is 7.64. The molecule has 8 nitrogen and oxygen atoms in total. The van der Waals surface area contributed by atoms with Crippen LogP contribution in [0.15, 0.2) is 83.9 Å². The molecule has 6 rings (SSSR count). The third kappa shape index (κ3) is 5.71. The van der Waals surface area contributed by atoms with Gasteiger partial charge in [-0.25, -0.2) is 0 Å². The lowest BCUT2D eigenvalue weighted by atomic mass is 9.58. The first-order valence-electron chi connectivity index (χ1n) is 14.7. The van der Waals surface area contributed by atoms with E-state index < -0.39 is 31.0 Å². The molecule has 10 heteroatoms. The molecule has 44 heavy (non-hydrogen) atoms. The Morgan fingerprint density at radius 1 is 1.07 bits per heavy atom. The molecule has 2 fully saturated rings. The van der Waals surface area contributed by atoms with Gasteiger partial charge in [0.15, 0.2) is 11.5 Å². The number of carbonyl (C=O) groups is 2. The summed E-state index contributed by atoms with van der Waals surface area (Å²) < 4.78 is 12.2.